The first-order chi connectivity index (χ1) is 9.83. The Morgan fingerprint density at radius 3 is 2.55 bits per heavy atom. The van der Waals surface area contributed by atoms with Gasteiger partial charge in [0, 0.05) is 24.2 Å². The highest BCUT2D eigenvalue weighted by molar-refractivity contribution is 7.12. The second kappa shape index (κ2) is 6.11. The van der Waals surface area contributed by atoms with E-state index in [2.05, 4.69) is 27.3 Å². The highest BCUT2D eigenvalue weighted by Gasteiger charge is 2.11. The van der Waals surface area contributed by atoms with E-state index in [4.69, 9.17) is 4.74 Å². The highest BCUT2D eigenvalue weighted by atomic mass is 32.1. The summed E-state index contributed by atoms with van der Waals surface area (Å²) in [7, 11) is 1.96. The zero-order valence-corrected chi connectivity index (χ0v) is 12.2. The second-order valence-corrected chi connectivity index (χ2v) is 5.49. The van der Waals surface area contributed by atoms with Crippen LogP contribution in [0.25, 0.3) is 0 Å². The molecule has 0 amide bonds. The molecule has 2 aromatic rings. The van der Waals surface area contributed by atoms with Gasteiger partial charge in [-0.1, -0.05) is 0 Å². The minimum Gasteiger partial charge on any atom is -0.378 e. The van der Waals surface area contributed by atoms with Gasteiger partial charge in [0.2, 0.25) is 0 Å². The SMILES string of the molecule is C[n+]1ccsc1/N=N/c1ccc(N2CCOCC2)cc1. The summed E-state index contributed by atoms with van der Waals surface area (Å²) in [6.07, 6.45) is 1.97. The highest BCUT2D eigenvalue weighted by Crippen LogP contribution is 2.22. The van der Waals surface area contributed by atoms with Crippen LogP contribution in [-0.4, -0.2) is 26.3 Å². The molecule has 3 rings (SSSR count). The Kier molecular flexibility index (Phi) is 4.03. The third-order valence-electron chi connectivity index (χ3n) is 3.24. The molecule has 1 aromatic heterocycles. The van der Waals surface area contributed by atoms with Gasteiger partial charge in [0.25, 0.3) is 0 Å². The zero-order chi connectivity index (χ0) is 13.8. The number of anilines is 1. The topological polar surface area (TPSA) is 41.1 Å². The van der Waals surface area contributed by atoms with E-state index in [1.807, 2.05) is 35.3 Å². The Morgan fingerprint density at radius 2 is 1.90 bits per heavy atom. The molecule has 0 N–H and O–H groups in total. The van der Waals surface area contributed by atoms with Gasteiger partial charge in [-0.25, -0.2) is 4.57 Å². The number of nitrogens with zero attached hydrogens (tertiary/aromatic N) is 4. The standard InChI is InChI=1S/C14H17N4OS/c1-17-8-11-20-14(17)16-15-12-2-4-13(5-3-12)18-6-9-19-10-7-18/h2-5,8,11H,6-7,9-10H2,1H3/q+1. The predicted octanol–water partition coefficient (Wildman–Crippen LogP) is 2.82. The third-order valence-corrected chi connectivity index (χ3v) is 4.07. The van der Waals surface area contributed by atoms with Gasteiger partial charge in [-0.2, -0.15) is 0 Å². The van der Waals surface area contributed by atoms with E-state index >= 15 is 0 Å². The van der Waals surface area contributed by atoms with Crippen molar-refractivity contribution in [3.8, 4) is 0 Å². The van der Waals surface area contributed by atoms with Gasteiger partial charge in [-0.05, 0) is 40.7 Å². The van der Waals surface area contributed by atoms with Crippen LogP contribution in [0.15, 0.2) is 46.1 Å². The first-order valence-corrected chi connectivity index (χ1v) is 7.48. The lowest BCUT2D eigenvalue weighted by Crippen LogP contribution is -2.36. The van der Waals surface area contributed by atoms with Crippen molar-refractivity contribution in [1.82, 2.24) is 0 Å². The van der Waals surface area contributed by atoms with Crippen molar-refractivity contribution in [3.63, 3.8) is 0 Å². The van der Waals surface area contributed by atoms with Gasteiger partial charge in [-0.15, -0.1) is 0 Å². The van der Waals surface area contributed by atoms with E-state index in [9.17, 15) is 0 Å². The summed E-state index contributed by atoms with van der Waals surface area (Å²) in [5.74, 6) is 0. The third kappa shape index (κ3) is 3.02. The maximum absolute atomic E-state index is 5.36. The fourth-order valence-corrected chi connectivity index (χ4v) is 2.76. The molecule has 0 radical (unpaired) electrons. The fourth-order valence-electron chi connectivity index (χ4n) is 2.08. The molecule has 0 saturated carbocycles. The van der Waals surface area contributed by atoms with Crippen molar-refractivity contribution < 1.29 is 9.30 Å². The number of ether oxygens (including phenoxy) is 1. The quantitative estimate of drug-likeness (QED) is 0.644. The van der Waals surface area contributed by atoms with Crippen LogP contribution < -0.4 is 9.47 Å². The molecule has 0 aliphatic carbocycles. The molecule has 5 nitrogen and oxygen atoms in total. The van der Waals surface area contributed by atoms with Crippen molar-refractivity contribution in [2.24, 2.45) is 17.3 Å². The molecule has 1 saturated heterocycles. The normalized spacial score (nSPS) is 15.9. The van der Waals surface area contributed by atoms with E-state index in [-0.39, 0.29) is 0 Å². The fraction of sp³-hybridized carbons (Fsp3) is 0.357. The average molecular weight is 289 g/mol. The molecule has 6 heteroatoms. The summed E-state index contributed by atoms with van der Waals surface area (Å²) in [5.41, 5.74) is 2.09. The molecular formula is C14H17N4OS+. The van der Waals surface area contributed by atoms with Crippen LogP contribution >= 0.6 is 11.3 Å². The molecule has 1 aliphatic rings. The molecule has 20 heavy (non-hydrogen) atoms. The van der Waals surface area contributed by atoms with E-state index in [1.165, 1.54) is 5.69 Å². The number of aryl methyl sites for hydroxylation is 1. The number of rotatable bonds is 3. The van der Waals surface area contributed by atoms with Gasteiger partial charge < -0.3 is 9.64 Å². The van der Waals surface area contributed by atoms with Crippen molar-refractivity contribution in [2.75, 3.05) is 31.2 Å². The van der Waals surface area contributed by atoms with Crippen LogP contribution in [0, 0.1) is 0 Å². The number of thiazole rings is 1. The van der Waals surface area contributed by atoms with Crippen LogP contribution in [-0.2, 0) is 11.8 Å². The molecule has 2 heterocycles. The minimum atomic E-state index is 0.802. The van der Waals surface area contributed by atoms with Gasteiger partial charge in [0.05, 0.1) is 25.4 Å². The lowest BCUT2D eigenvalue weighted by atomic mass is 10.2. The minimum absolute atomic E-state index is 0.802. The van der Waals surface area contributed by atoms with Crippen LogP contribution in [0.3, 0.4) is 0 Å². The van der Waals surface area contributed by atoms with E-state index in [0.717, 1.165) is 37.1 Å². The van der Waals surface area contributed by atoms with Crippen molar-refractivity contribution in [2.45, 2.75) is 0 Å². The van der Waals surface area contributed by atoms with Crippen molar-refractivity contribution in [1.29, 1.82) is 0 Å². The molecule has 104 valence electrons. The summed E-state index contributed by atoms with van der Waals surface area (Å²) in [6, 6.07) is 8.19. The molecule has 1 fully saturated rings. The number of azo groups is 1. The Morgan fingerprint density at radius 1 is 1.15 bits per heavy atom. The number of hydrogen-bond acceptors (Lipinski definition) is 5. The van der Waals surface area contributed by atoms with Gasteiger partial charge in [0.1, 0.15) is 11.9 Å². The smallest absolute Gasteiger partial charge is 0.378 e. The predicted molar refractivity (Wildman–Crippen MR) is 79.1 cm³/mol. The van der Waals surface area contributed by atoms with Gasteiger partial charge >= 0.3 is 5.13 Å². The maximum Gasteiger partial charge on any atom is 0.408 e. The molecule has 1 aromatic carbocycles. The Balaban J connectivity index is 1.69. The zero-order valence-electron chi connectivity index (χ0n) is 11.4. The first kappa shape index (κ1) is 13.2. The van der Waals surface area contributed by atoms with Gasteiger partial charge in [0.15, 0.2) is 0 Å². The summed E-state index contributed by atoms with van der Waals surface area (Å²) in [4.78, 5) is 2.32. The lowest BCUT2D eigenvalue weighted by molar-refractivity contribution is -0.654. The van der Waals surface area contributed by atoms with Crippen molar-refractivity contribution in [3.05, 3.63) is 35.8 Å². The Hall–Kier alpha value is -1.79. The van der Waals surface area contributed by atoms with E-state index in [0.29, 0.717) is 0 Å². The van der Waals surface area contributed by atoms with E-state index in [1.54, 1.807) is 11.3 Å². The number of morpholine rings is 1. The van der Waals surface area contributed by atoms with Gasteiger partial charge in [-0.3, -0.25) is 0 Å². The Labute approximate surface area is 122 Å². The maximum atomic E-state index is 5.36. The Bertz CT molecular complexity index is 587. The number of benzene rings is 1. The summed E-state index contributed by atoms with van der Waals surface area (Å²) in [5, 5.41) is 11.4. The average Bonchev–Trinajstić information content (AvgIpc) is 2.92. The molecule has 0 atom stereocenters. The van der Waals surface area contributed by atoms with E-state index < -0.39 is 0 Å². The molecule has 1 aliphatic heterocycles. The largest absolute Gasteiger partial charge is 0.408 e. The summed E-state index contributed by atoms with van der Waals surface area (Å²) < 4.78 is 7.31. The van der Waals surface area contributed by atoms with Crippen LogP contribution in [0.5, 0.6) is 0 Å². The molecular weight excluding hydrogens is 272 g/mol. The molecule has 0 unspecified atom stereocenters. The number of hydrogen-bond donors (Lipinski definition) is 0. The molecule has 0 spiro atoms. The van der Waals surface area contributed by atoms with Crippen LogP contribution in [0.4, 0.5) is 16.5 Å². The van der Waals surface area contributed by atoms with Crippen LogP contribution in [0.1, 0.15) is 0 Å². The number of aromatic nitrogens is 1. The first-order valence-electron chi connectivity index (χ1n) is 6.60. The molecule has 0 bridgehead atoms. The monoisotopic (exact) mass is 289 g/mol. The van der Waals surface area contributed by atoms with Crippen molar-refractivity contribution >= 4 is 27.8 Å². The summed E-state index contributed by atoms with van der Waals surface area (Å²) >= 11 is 1.58. The summed E-state index contributed by atoms with van der Waals surface area (Å²) in [6.45, 7) is 3.50. The lowest BCUT2D eigenvalue weighted by Gasteiger charge is -2.28. The second-order valence-electron chi connectivity index (χ2n) is 4.61. The van der Waals surface area contributed by atoms with Crippen LogP contribution in [0.2, 0.25) is 0 Å².